The summed E-state index contributed by atoms with van der Waals surface area (Å²) in [6.45, 7) is 2.92. The minimum absolute atomic E-state index is 0.207. The molecule has 0 N–H and O–H groups in total. The number of fused-ring (bicyclic) bond motifs is 3. The summed E-state index contributed by atoms with van der Waals surface area (Å²) in [5, 5.41) is 11.0. The first-order valence-electron chi connectivity index (χ1n) is 9.32. The predicted octanol–water partition coefficient (Wildman–Crippen LogP) is -0.413. The topological polar surface area (TPSA) is 114 Å². The third-order valence-electron chi connectivity index (χ3n) is 4.96. The van der Waals surface area contributed by atoms with E-state index in [9.17, 15) is 19.5 Å². The molecule has 29 heavy (non-hydrogen) atoms. The first kappa shape index (κ1) is 18.8. The molecule has 0 bridgehead atoms. The van der Waals surface area contributed by atoms with E-state index in [-0.39, 0.29) is 11.2 Å². The summed E-state index contributed by atoms with van der Waals surface area (Å²) in [6, 6.07) is 7.55. The van der Waals surface area contributed by atoms with Gasteiger partial charge in [-0.3, -0.25) is 13.9 Å². The Morgan fingerprint density at radius 2 is 1.93 bits per heavy atom. The average Bonchev–Trinajstić information content (AvgIpc) is 3.10. The van der Waals surface area contributed by atoms with Crippen LogP contribution in [0.15, 0.2) is 33.9 Å². The Kier molecular flexibility index (Phi) is 4.61. The number of aliphatic carboxylic acids is 1. The Bertz CT molecular complexity index is 1200. The molecule has 0 saturated heterocycles. The Labute approximate surface area is 165 Å². The molecule has 1 aliphatic heterocycles. The van der Waals surface area contributed by atoms with E-state index in [2.05, 4.69) is 4.98 Å². The summed E-state index contributed by atoms with van der Waals surface area (Å²) in [5.41, 5.74) is -0.111. The van der Waals surface area contributed by atoms with Crippen LogP contribution in [-0.4, -0.2) is 37.8 Å². The lowest BCUT2D eigenvalue weighted by atomic mass is 10.2. The lowest BCUT2D eigenvalue weighted by Gasteiger charge is -2.29. The number of nitrogens with zero attached hydrogens (tertiary/aromatic N) is 5. The van der Waals surface area contributed by atoms with Crippen molar-refractivity contribution in [2.45, 2.75) is 26.4 Å². The van der Waals surface area contributed by atoms with Crippen molar-refractivity contribution in [1.82, 2.24) is 18.7 Å². The number of benzene rings is 1. The van der Waals surface area contributed by atoms with Crippen LogP contribution in [0.5, 0.6) is 5.75 Å². The van der Waals surface area contributed by atoms with Crippen LogP contribution < -0.4 is 26.0 Å². The molecule has 0 spiro atoms. The van der Waals surface area contributed by atoms with Gasteiger partial charge in [-0.2, -0.15) is 4.98 Å². The molecule has 0 saturated carbocycles. The second-order valence-electron chi connectivity index (χ2n) is 6.77. The van der Waals surface area contributed by atoms with Crippen LogP contribution in [0.4, 0.5) is 11.6 Å². The fourth-order valence-electron chi connectivity index (χ4n) is 3.67. The van der Waals surface area contributed by atoms with Crippen molar-refractivity contribution >= 4 is 28.8 Å². The zero-order valence-corrected chi connectivity index (χ0v) is 16.1. The maximum Gasteiger partial charge on any atom is 0.332 e. The van der Waals surface area contributed by atoms with E-state index in [0.29, 0.717) is 30.2 Å². The molecule has 10 heteroatoms. The van der Waals surface area contributed by atoms with Crippen LogP contribution in [-0.2, 0) is 24.9 Å². The van der Waals surface area contributed by atoms with Gasteiger partial charge in [0.2, 0.25) is 5.95 Å². The quantitative estimate of drug-likeness (QED) is 0.574. The van der Waals surface area contributed by atoms with Crippen molar-refractivity contribution in [2.75, 3.05) is 18.1 Å². The number of carboxylic acids is 1. The van der Waals surface area contributed by atoms with Crippen molar-refractivity contribution in [3.63, 3.8) is 0 Å². The van der Waals surface area contributed by atoms with Gasteiger partial charge in [0.25, 0.3) is 5.56 Å². The molecule has 3 heterocycles. The largest absolute Gasteiger partial charge is 0.548 e. The average molecular weight is 398 g/mol. The standard InChI is InChI=1S/C19H21N5O5/c1-3-29-13-7-5-12(6-8-13)22-9-4-10-23-15-16(20-18(22)23)21(2)19(28)24(17(15)27)11-14(25)26/h5-8H,3-4,9-11H2,1-2H3,(H,25,26)/p-1. The van der Waals surface area contributed by atoms with Crippen molar-refractivity contribution < 1.29 is 14.6 Å². The molecule has 1 aromatic carbocycles. The van der Waals surface area contributed by atoms with Gasteiger partial charge in [-0.05, 0) is 37.6 Å². The van der Waals surface area contributed by atoms with E-state index in [1.165, 1.54) is 11.6 Å². The number of anilines is 2. The number of aryl methyl sites for hydroxylation is 2. The van der Waals surface area contributed by atoms with Crippen molar-refractivity contribution in [3.8, 4) is 5.75 Å². The number of carbonyl (C=O) groups excluding carboxylic acids is 1. The van der Waals surface area contributed by atoms with Gasteiger partial charge in [0.1, 0.15) is 5.75 Å². The summed E-state index contributed by atoms with van der Waals surface area (Å²) in [6.07, 6.45) is 0.758. The molecule has 0 fully saturated rings. The van der Waals surface area contributed by atoms with E-state index in [4.69, 9.17) is 4.74 Å². The SMILES string of the molecule is CCOc1ccc(N2CCCn3c2nc2c3c(=O)n(CC(=O)[O-])c(=O)n2C)cc1. The third-order valence-corrected chi connectivity index (χ3v) is 4.96. The molecule has 4 rings (SSSR count). The van der Waals surface area contributed by atoms with E-state index in [1.807, 2.05) is 36.1 Å². The highest BCUT2D eigenvalue weighted by atomic mass is 16.5. The van der Waals surface area contributed by atoms with Crippen LogP contribution in [0, 0.1) is 0 Å². The van der Waals surface area contributed by atoms with Gasteiger partial charge >= 0.3 is 5.69 Å². The molecule has 2 aromatic heterocycles. The fraction of sp³-hybridized carbons (Fsp3) is 0.368. The third kappa shape index (κ3) is 3.06. The van der Waals surface area contributed by atoms with E-state index < -0.39 is 23.8 Å². The van der Waals surface area contributed by atoms with Crippen LogP contribution >= 0.6 is 0 Å². The minimum atomic E-state index is -1.50. The predicted molar refractivity (Wildman–Crippen MR) is 103 cm³/mol. The van der Waals surface area contributed by atoms with Gasteiger partial charge in [-0.25, -0.2) is 4.79 Å². The van der Waals surface area contributed by atoms with Gasteiger partial charge in [-0.15, -0.1) is 0 Å². The van der Waals surface area contributed by atoms with Crippen LogP contribution in [0.1, 0.15) is 13.3 Å². The van der Waals surface area contributed by atoms with Gasteiger partial charge in [-0.1, -0.05) is 0 Å². The monoisotopic (exact) mass is 398 g/mol. The lowest BCUT2D eigenvalue weighted by Crippen LogP contribution is -2.44. The van der Waals surface area contributed by atoms with E-state index in [1.54, 1.807) is 4.57 Å². The molecular formula is C19H20N5O5-. The number of hydrogen-bond acceptors (Lipinski definition) is 7. The summed E-state index contributed by atoms with van der Waals surface area (Å²) in [5.74, 6) is -0.207. The zero-order valence-electron chi connectivity index (χ0n) is 16.1. The lowest BCUT2D eigenvalue weighted by molar-refractivity contribution is -0.306. The highest BCUT2D eigenvalue weighted by Crippen LogP contribution is 2.31. The number of aromatic nitrogens is 4. The Morgan fingerprint density at radius 1 is 1.21 bits per heavy atom. The van der Waals surface area contributed by atoms with Crippen molar-refractivity contribution in [2.24, 2.45) is 7.05 Å². The first-order chi connectivity index (χ1) is 13.9. The highest BCUT2D eigenvalue weighted by Gasteiger charge is 2.27. The molecular weight excluding hydrogens is 378 g/mol. The molecule has 0 unspecified atom stereocenters. The summed E-state index contributed by atoms with van der Waals surface area (Å²) < 4.78 is 9.08. The number of imidazole rings is 1. The molecule has 0 radical (unpaired) electrons. The fourth-order valence-corrected chi connectivity index (χ4v) is 3.67. The van der Waals surface area contributed by atoms with Gasteiger partial charge < -0.3 is 24.1 Å². The molecule has 0 amide bonds. The molecule has 152 valence electrons. The number of hydrogen-bond donors (Lipinski definition) is 0. The number of carboxylic acid groups (broad SMARTS) is 1. The van der Waals surface area contributed by atoms with Crippen LogP contribution in [0.3, 0.4) is 0 Å². The number of rotatable bonds is 5. The molecule has 0 aliphatic carbocycles. The number of carbonyl (C=O) groups is 1. The summed E-state index contributed by atoms with van der Waals surface area (Å²) in [7, 11) is 1.47. The second kappa shape index (κ2) is 7.12. The first-order valence-corrected chi connectivity index (χ1v) is 9.32. The zero-order chi connectivity index (χ0) is 20.7. The van der Waals surface area contributed by atoms with Crippen LogP contribution in [0.2, 0.25) is 0 Å². The molecule has 10 nitrogen and oxygen atoms in total. The normalized spacial score (nSPS) is 13.5. The van der Waals surface area contributed by atoms with Gasteiger partial charge in [0.05, 0.1) is 19.1 Å². The maximum absolute atomic E-state index is 12.9. The van der Waals surface area contributed by atoms with Gasteiger partial charge in [0.15, 0.2) is 11.2 Å². The summed E-state index contributed by atoms with van der Waals surface area (Å²) in [4.78, 5) is 42.9. The maximum atomic E-state index is 12.9. The van der Waals surface area contributed by atoms with E-state index in [0.717, 1.165) is 17.9 Å². The van der Waals surface area contributed by atoms with Crippen LogP contribution in [0.25, 0.3) is 11.2 Å². The van der Waals surface area contributed by atoms with Crippen molar-refractivity contribution in [3.05, 3.63) is 45.1 Å². The Hall–Kier alpha value is -3.56. The van der Waals surface area contributed by atoms with Gasteiger partial charge in [0, 0.05) is 25.8 Å². The highest BCUT2D eigenvalue weighted by molar-refractivity contribution is 5.77. The minimum Gasteiger partial charge on any atom is -0.548 e. The van der Waals surface area contributed by atoms with Crippen molar-refractivity contribution in [1.29, 1.82) is 0 Å². The number of ether oxygens (including phenoxy) is 1. The Morgan fingerprint density at radius 3 is 2.59 bits per heavy atom. The molecule has 1 aliphatic rings. The smallest absolute Gasteiger partial charge is 0.332 e. The Balaban J connectivity index is 1.88. The molecule has 0 atom stereocenters. The molecule has 3 aromatic rings. The second-order valence-corrected chi connectivity index (χ2v) is 6.77. The van der Waals surface area contributed by atoms with E-state index >= 15 is 0 Å². The summed E-state index contributed by atoms with van der Waals surface area (Å²) >= 11 is 0.